The third-order valence-corrected chi connectivity index (χ3v) is 7.49. The maximum atomic E-state index is 13.0. The molecule has 5 rings (SSSR count). The normalized spacial score (nSPS) is 20.9. The van der Waals surface area contributed by atoms with Gasteiger partial charge in [0.25, 0.3) is 5.91 Å². The highest BCUT2D eigenvalue weighted by molar-refractivity contribution is 6.06. The van der Waals surface area contributed by atoms with E-state index in [0.717, 1.165) is 67.1 Å². The van der Waals surface area contributed by atoms with Crippen molar-refractivity contribution >= 4 is 16.8 Å². The highest BCUT2D eigenvalue weighted by Gasteiger charge is 2.25. The van der Waals surface area contributed by atoms with Gasteiger partial charge in [-0.25, -0.2) is 9.97 Å². The number of benzene rings is 1. The van der Waals surface area contributed by atoms with Crippen LogP contribution in [0, 0.1) is 5.92 Å². The Bertz CT molecular complexity index is 1150. The smallest absolute Gasteiger partial charge is 0.252 e. The summed E-state index contributed by atoms with van der Waals surface area (Å²) < 4.78 is 0. The van der Waals surface area contributed by atoms with Crippen LogP contribution in [0.1, 0.15) is 79.3 Å². The second-order valence-corrected chi connectivity index (χ2v) is 10.2. The van der Waals surface area contributed by atoms with E-state index in [-0.39, 0.29) is 11.9 Å². The number of pyridine rings is 1. The molecule has 2 aliphatic rings. The van der Waals surface area contributed by atoms with Crippen LogP contribution in [-0.4, -0.2) is 44.9 Å². The summed E-state index contributed by atoms with van der Waals surface area (Å²) in [5.74, 6) is 2.10. The molecule has 0 radical (unpaired) electrons. The van der Waals surface area contributed by atoms with Gasteiger partial charge in [-0.1, -0.05) is 26.0 Å². The van der Waals surface area contributed by atoms with Crippen molar-refractivity contribution in [2.45, 2.75) is 70.9 Å². The van der Waals surface area contributed by atoms with E-state index in [4.69, 9.17) is 4.98 Å². The zero-order valence-corrected chi connectivity index (χ0v) is 20.3. The van der Waals surface area contributed by atoms with E-state index in [1.165, 1.54) is 30.5 Å². The van der Waals surface area contributed by atoms with E-state index < -0.39 is 0 Å². The van der Waals surface area contributed by atoms with Crippen LogP contribution in [-0.2, 0) is 13.0 Å². The molecule has 1 aliphatic heterocycles. The van der Waals surface area contributed by atoms with Gasteiger partial charge in [0.15, 0.2) is 0 Å². The maximum absolute atomic E-state index is 13.0. The third kappa shape index (κ3) is 5.12. The molecule has 1 aromatic carbocycles. The molecule has 1 fully saturated rings. The van der Waals surface area contributed by atoms with Gasteiger partial charge in [0.05, 0.1) is 11.2 Å². The van der Waals surface area contributed by atoms with Crippen LogP contribution >= 0.6 is 0 Å². The molecule has 0 unspecified atom stereocenters. The average Bonchev–Trinajstić information content (AvgIpc) is 2.87. The molecule has 0 bridgehead atoms. The van der Waals surface area contributed by atoms with Crippen LogP contribution in [0.15, 0.2) is 42.7 Å². The first-order valence-electron chi connectivity index (χ1n) is 12.8. The van der Waals surface area contributed by atoms with E-state index in [0.29, 0.717) is 5.92 Å². The molecule has 1 amide bonds. The van der Waals surface area contributed by atoms with E-state index in [9.17, 15) is 4.79 Å². The topological polar surface area (TPSA) is 71.0 Å². The minimum absolute atomic E-state index is 0.0248. The number of hydrogen-bond donors (Lipinski definition) is 1. The lowest BCUT2D eigenvalue weighted by atomic mass is 9.83. The Balaban J connectivity index is 1.10. The lowest BCUT2D eigenvalue weighted by Crippen LogP contribution is -2.38. The molecule has 0 spiro atoms. The van der Waals surface area contributed by atoms with Crippen LogP contribution in [0.25, 0.3) is 10.9 Å². The van der Waals surface area contributed by atoms with Crippen LogP contribution < -0.4 is 5.32 Å². The molecular formula is C28H35N5O. The Kier molecular flexibility index (Phi) is 6.86. The van der Waals surface area contributed by atoms with Gasteiger partial charge in [0.1, 0.15) is 5.82 Å². The van der Waals surface area contributed by atoms with Gasteiger partial charge >= 0.3 is 0 Å². The Morgan fingerprint density at radius 3 is 2.79 bits per heavy atom. The molecule has 0 atom stereocenters. The van der Waals surface area contributed by atoms with Crippen molar-refractivity contribution < 1.29 is 4.79 Å². The number of fused-ring (bicyclic) bond motifs is 2. The van der Waals surface area contributed by atoms with Gasteiger partial charge in [-0.3, -0.25) is 14.7 Å². The Morgan fingerprint density at radius 2 is 1.97 bits per heavy atom. The van der Waals surface area contributed by atoms with Crippen LogP contribution in [0.2, 0.25) is 0 Å². The standard InChI is InChI=1S/C28H35N5O/c1-19(2)27-30-17-21-13-16-33(18-26(21)32-27)15-12-20-8-10-22(11-9-20)31-28(34)24-5-3-7-25-23(24)6-4-14-29-25/h3-7,14,17,19-20,22H,8-13,15-16,18H2,1-2H3,(H,31,34). The summed E-state index contributed by atoms with van der Waals surface area (Å²) in [7, 11) is 0. The Hall–Kier alpha value is -2.86. The summed E-state index contributed by atoms with van der Waals surface area (Å²) in [4.78, 5) is 29.3. The number of nitrogens with zero attached hydrogens (tertiary/aromatic N) is 4. The third-order valence-electron chi connectivity index (χ3n) is 7.49. The molecule has 3 aromatic rings. The summed E-state index contributed by atoms with van der Waals surface area (Å²) in [5, 5.41) is 4.21. The molecule has 6 heteroatoms. The highest BCUT2D eigenvalue weighted by Crippen LogP contribution is 2.28. The minimum Gasteiger partial charge on any atom is -0.349 e. The summed E-state index contributed by atoms with van der Waals surface area (Å²) >= 11 is 0. The van der Waals surface area contributed by atoms with Gasteiger partial charge in [-0.2, -0.15) is 0 Å². The fraction of sp³-hybridized carbons (Fsp3) is 0.500. The fourth-order valence-electron chi connectivity index (χ4n) is 5.37. The summed E-state index contributed by atoms with van der Waals surface area (Å²) in [6.45, 7) is 7.48. The van der Waals surface area contributed by atoms with Crippen LogP contribution in [0.4, 0.5) is 0 Å². The molecule has 178 valence electrons. The predicted octanol–water partition coefficient (Wildman–Crippen LogP) is 4.89. The average molecular weight is 458 g/mol. The van der Waals surface area contributed by atoms with Gasteiger partial charge in [0, 0.05) is 48.4 Å². The summed E-state index contributed by atoms with van der Waals surface area (Å²) in [6.07, 6.45) is 10.6. The van der Waals surface area contributed by atoms with E-state index in [1.807, 2.05) is 36.5 Å². The van der Waals surface area contributed by atoms with Crippen molar-refractivity contribution in [1.29, 1.82) is 0 Å². The second-order valence-electron chi connectivity index (χ2n) is 10.2. The van der Waals surface area contributed by atoms with Crippen molar-refractivity contribution in [3.8, 4) is 0 Å². The quantitative estimate of drug-likeness (QED) is 0.571. The monoisotopic (exact) mass is 457 g/mol. The van der Waals surface area contributed by atoms with E-state index in [2.05, 4.69) is 34.0 Å². The van der Waals surface area contributed by atoms with Gasteiger partial charge < -0.3 is 5.32 Å². The number of hydrogen-bond acceptors (Lipinski definition) is 5. The Labute approximate surface area is 202 Å². The first kappa shape index (κ1) is 22.9. The predicted molar refractivity (Wildman–Crippen MR) is 135 cm³/mol. The zero-order valence-electron chi connectivity index (χ0n) is 20.3. The second kappa shape index (κ2) is 10.2. The molecule has 1 N–H and O–H groups in total. The van der Waals surface area contributed by atoms with Crippen molar-refractivity contribution in [2.24, 2.45) is 5.92 Å². The van der Waals surface area contributed by atoms with Crippen LogP contribution in [0.3, 0.4) is 0 Å². The molecule has 34 heavy (non-hydrogen) atoms. The SMILES string of the molecule is CC(C)c1ncc2c(n1)CN(CCC1CCC(NC(=O)c3cccc4ncccc34)CC1)CC2. The lowest BCUT2D eigenvalue weighted by molar-refractivity contribution is 0.0921. The highest BCUT2D eigenvalue weighted by atomic mass is 16.1. The number of amides is 1. The number of rotatable bonds is 6. The van der Waals surface area contributed by atoms with Crippen molar-refractivity contribution in [1.82, 2.24) is 25.2 Å². The first-order valence-corrected chi connectivity index (χ1v) is 12.8. The number of carbonyl (C=O) groups excluding carboxylic acids is 1. The molecule has 2 aromatic heterocycles. The van der Waals surface area contributed by atoms with E-state index in [1.54, 1.807) is 6.20 Å². The molecule has 3 heterocycles. The zero-order chi connectivity index (χ0) is 23.5. The lowest BCUT2D eigenvalue weighted by Gasteiger charge is -2.32. The largest absolute Gasteiger partial charge is 0.349 e. The molecular weight excluding hydrogens is 422 g/mol. The van der Waals surface area contributed by atoms with Crippen molar-refractivity contribution in [3.63, 3.8) is 0 Å². The molecule has 0 saturated heterocycles. The maximum Gasteiger partial charge on any atom is 0.252 e. The molecule has 1 aliphatic carbocycles. The van der Waals surface area contributed by atoms with Crippen LogP contribution in [0.5, 0.6) is 0 Å². The number of carbonyl (C=O) groups is 1. The van der Waals surface area contributed by atoms with E-state index >= 15 is 0 Å². The molecule has 1 saturated carbocycles. The van der Waals surface area contributed by atoms with Crippen molar-refractivity contribution in [3.05, 3.63) is 65.4 Å². The number of aromatic nitrogens is 3. The molecule has 6 nitrogen and oxygen atoms in total. The minimum atomic E-state index is 0.0248. The first-order chi connectivity index (χ1) is 16.6. The van der Waals surface area contributed by atoms with Gasteiger partial charge in [0.2, 0.25) is 0 Å². The number of nitrogens with one attached hydrogen (secondary N) is 1. The van der Waals surface area contributed by atoms with Crippen molar-refractivity contribution in [2.75, 3.05) is 13.1 Å². The summed E-state index contributed by atoms with van der Waals surface area (Å²) in [6, 6.07) is 9.90. The van der Waals surface area contributed by atoms with Gasteiger partial charge in [-0.05, 0) is 74.8 Å². The summed E-state index contributed by atoms with van der Waals surface area (Å²) in [5.41, 5.74) is 4.13. The fourth-order valence-corrected chi connectivity index (χ4v) is 5.37. The van der Waals surface area contributed by atoms with Gasteiger partial charge in [-0.15, -0.1) is 0 Å². The Morgan fingerprint density at radius 1 is 1.12 bits per heavy atom.